The SMILES string of the molecule is CCn1nc(Sc2cccc(C(F)(F)F)c2)c2c(N)ncnc21. The molecule has 23 heavy (non-hydrogen) atoms. The number of nitrogens with zero attached hydrogens (tertiary/aromatic N) is 4. The van der Waals surface area contributed by atoms with Gasteiger partial charge in [-0.15, -0.1) is 0 Å². The van der Waals surface area contributed by atoms with Gasteiger partial charge >= 0.3 is 6.18 Å². The highest BCUT2D eigenvalue weighted by Gasteiger charge is 2.30. The van der Waals surface area contributed by atoms with Crippen molar-refractivity contribution >= 4 is 28.6 Å². The third-order valence-corrected chi connectivity index (χ3v) is 4.17. The summed E-state index contributed by atoms with van der Waals surface area (Å²) in [5.41, 5.74) is 5.74. The highest BCUT2D eigenvalue weighted by Crippen LogP contribution is 2.37. The number of fused-ring (bicyclic) bond motifs is 1. The van der Waals surface area contributed by atoms with Crippen LogP contribution in [0.4, 0.5) is 19.0 Å². The number of rotatable bonds is 3. The second kappa shape index (κ2) is 5.73. The molecule has 1 aromatic carbocycles. The van der Waals surface area contributed by atoms with Crippen LogP contribution in [0.5, 0.6) is 0 Å². The molecule has 5 nitrogen and oxygen atoms in total. The molecule has 0 spiro atoms. The molecule has 2 aromatic heterocycles. The molecular formula is C14H12F3N5S. The lowest BCUT2D eigenvalue weighted by molar-refractivity contribution is -0.137. The normalized spacial score (nSPS) is 12.0. The monoisotopic (exact) mass is 339 g/mol. The van der Waals surface area contributed by atoms with Crippen LogP contribution < -0.4 is 5.73 Å². The van der Waals surface area contributed by atoms with Gasteiger partial charge in [0.1, 0.15) is 17.2 Å². The average Bonchev–Trinajstić information content (AvgIpc) is 2.86. The highest BCUT2D eigenvalue weighted by atomic mass is 32.2. The summed E-state index contributed by atoms with van der Waals surface area (Å²) in [5, 5.41) is 5.41. The van der Waals surface area contributed by atoms with Gasteiger partial charge < -0.3 is 5.73 Å². The smallest absolute Gasteiger partial charge is 0.383 e. The predicted molar refractivity (Wildman–Crippen MR) is 81.0 cm³/mol. The standard InChI is InChI=1S/C14H12F3N5S/c1-2-22-12-10(11(18)19-7-20-12)13(21-22)23-9-5-3-4-8(6-9)14(15,16)17/h3-7H,2H2,1H3,(H2,18,19,20). The number of nitrogen functional groups attached to an aromatic ring is 1. The van der Waals surface area contributed by atoms with E-state index < -0.39 is 11.7 Å². The minimum atomic E-state index is -4.39. The molecule has 0 fully saturated rings. The summed E-state index contributed by atoms with van der Waals surface area (Å²) < 4.78 is 40.1. The van der Waals surface area contributed by atoms with Crippen LogP contribution >= 0.6 is 11.8 Å². The molecular weight excluding hydrogens is 327 g/mol. The first kappa shape index (κ1) is 15.6. The van der Waals surface area contributed by atoms with E-state index in [2.05, 4.69) is 15.1 Å². The Morgan fingerprint density at radius 1 is 1.26 bits per heavy atom. The molecule has 0 aliphatic heterocycles. The van der Waals surface area contributed by atoms with Gasteiger partial charge in [-0.2, -0.15) is 18.3 Å². The lowest BCUT2D eigenvalue weighted by Crippen LogP contribution is -2.04. The van der Waals surface area contributed by atoms with Gasteiger partial charge in [-0.1, -0.05) is 17.8 Å². The van der Waals surface area contributed by atoms with E-state index in [-0.39, 0.29) is 5.82 Å². The number of aryl methyl sites for hydroxylation is 1. The Morgan fingerprint density at radius 3 is 2.74 bits per heavy atom. The van der Waals surface area contributed by atoms with Gasteiger partial charge in [0, 0.05) is 11.4 Å². The molecule has 0 aliphatic rings. The van der Waals surface area contributed by atoms with E-state index in [1.54, 1.807) is 10.7 Å². The Kier molecular flexibility index (Phi) is 3.88. The zero-order valence-corrected chi connectivity index (χ0v) is 12.8. The van der Waals surface area contributed by atoms with Crippen LogP contribution in [0, 0.1) is 0 Å². The summed E-state index contributed by atoms with van der Waals surface area (Å²) in [4.78, 5) is 8.50. The predicted octanol–water partition coefficient (Wildman–Crippen LogP) is 3.60. The van der Waals surface area contributed by atoms with Crippen molar-refractivity contribution in [3.63, 3.8) is 0 Å². The molecule has 0 saturated carbocycles. The second-order valence-corrected chi connectivity index (χ2v) is 5.77. The maximum atomic E-state index is 12.8. The van der Waals surface area contributed by atoms with E-state index in [9.17, 15) is 13.2 Å². The van der Waals surface area contributed by atoms with Gasteiger partial charge in [0.05, 0.1) is 10.9 Å². The van der Waals surface area contributed by atoms with Crippen LogP contribution in [0.15, 0.2) is 40.5 Å². The van der Waals surface area contributed by atoms with Crippen LogP contribution in [0.1, 0.15) is 12.5 Å². The number of hydrogen-bond acceptors (Lipinski definition) is 5. The number of benzene rings is 1. The number of halogens is 3. The highest BCUT2D eigenvalue weighted by molar-refractivity contribution is 7.99. The zero-order valence-electron chi connectivity index (χ0n) is 12.0. The maximum absolute atomic E-state index is 12.8. The summed E-state index contributed by atoms with van der Waals surface area (Å²) in [7, 11) is 0. The largest absolute Gasteiger partial charge is 0.416 e. The van der Waals surface area contributed by atoms with Crippen LogP contribution in [0.25, 0.3) is 11.0 Å². The first-order chi connectivity index (χ1) is 10.9. The second-order valence-electron chi connectivity index (χ2n) is 4.71. The van der Waals surface area contributed by atoms with Crippen molar-refractivity contribution in [2.24, 2.45) is 0 Å². The Morgan fingerprint density at radius 2 is 2.04 bits per heavy atom. The topological polar surface area (TPSA) is 69.6 Å². The van der Waals surface area contributed by atoms with E-state index in [0.29, 0.717) is 27.5 Å². The molecule has 3 rings (SSSR count). The van der Waals surface area contributed by atoms with Gasteiger partial charge in [0.2, 0.25) is 0 Å². The zero-order chi connectivity index (χ0) is 16.6. The molecule has 2 N–H and O–H groups in total. The Hall–Kier alpha value is -2.29. The van der Waals surface area contributed by atoms with Crippen molar-refractivity contribution < 1.29 is 13.2 Å². The van der Waals surface area contributed by atoms with Crippen LogP contribution in [0.3, 0.4) is 0 Å². The Balaban J connectivity index is 2.06. The number of aromatic nitrogens is 4. The molecule has 0 bridgehead atoms. The van der Waals surface area contributed by atoms with E-state index in [4.69, 9.17) is 5.73 Å². The summed E-state index contributed by atoms with van der Waals surface area (Å²) in [6.45, 7) is 2.46. The molecule has 0 atom stereocenters. The molecule has 0 unspecified atom stereocenters. The lowest BCUT2D eigenvalue weighted by Gasteiger charge is -2.07. The number of hydrogen-bond donors (Lipinski definition) is 1. The van der Waals surface area contributed by atoms with Crippen LogP contribution in [-0.2, 0) is 12.7 Å². The molecule has 3 aromatic rings. The van der Waals surface area contributed by atoms with Gasteiger partial charge in [-0.25, -0.2) is 14.6 Å². The van der Waals surface area contributed by atoms with Crippen molar-refractivity contribution in [2.45, 2.75) is 29.6 Å². The fourth-order valence-electron chi connectivity index (χ4n) is 2.14. The van der Waals surface area contributed by atoms with E-state index in [1.165, 1.54) is 12.4 Å². The maximum Gasteiger partial charge on any atom is 0.416 e. The Bertz CT molecular complexity index is 859. The minimum absolute atomic E-state index is 0.254. The van der Waals surface area contributed by atoms with Crippen LogP contribution in [0.2, 0.25) is 0 Å². The number of anilines is 1. The van der Waals surface area contributed by atoms with Crippen molar-refractivity contribution in [2.75, 3.05) is 5.73 Å². The molecule has 0 aliphatic carbocycles. The molecule has 0 radical (unpaired) electrons. The van der Waals surface area contributed by atoms with Gasteiger partial charge in [0.25, 0.3) is 0 Å². The fraction of sp³-hybridized carbons (Fsp3) is 0.214. The first-order valence-corrected chi connectivity index (χ1v) is 7.54. The van der Waals surface area contributed by atoms with Crippen LogP contribution in [-0.4, -0.2) is 19.7 Å². The third-order valence-electron chi connectivity index (χ3n) is 3.20. The van der Waals surface area contributed by atoms with Crippen molar-refractivity contribution in [3.05, 3.63) is 36.2 Å². The van der Waals surface area contributed by atoms with Gasteiger partial charge in [0.15, 0.2) is 5.65 Å². The van der Waals surface area contributed by atoms with Crippen molar-refractivity contribution in [1.29, 1.82) is 0 Å². The van der Waals surface area contributed by atoms with E-state index in [1.807, 2.05) is 6.92 Å². The third kappa shape index (κ3) is 2.96. The summed E-state index contributed by atoms with van der Waals surface area (Å²) >= 11 is 1.11. The van der Waals surface area contributed by atoms with Crippen molar-refractivity contribution in [1.82, 2.24) is 19.7 Å². The van der Waals surface area contributed by atoms with Gasteiger partial charge in [-0.05, 0) is 25.1 Å². The Labute approximate surface area is 133 Å². The number of nitrogens with two attached hydrogens (primary N) is 1. The molecule has 9 heteroatoms. The average molecular weight is 339 g/mol. The molecule has 0 saturated heterocycles. The number of alkyl halides is 3. The summed E-state index contributed by atoms with van der Waals surface area (Å²) in [6.07, 6.45) is -3.05. The van der Waals surface area contributed by atoms with Crippen molar-refractivity contribution in [3.8, 4) is 0 Å². The van der Waals surface area contributed by atoms with E-state index >= 15 is 0 Å². The summed E-state index contributed by atoms with van der Waals surface area (Å²) in [6, 6.07) is 5.08. The molecule has 2 heterocycles. The van der Waals surface area contributed by atoms with E-state index in [0.717, 1.165) is 23.9 Å². The fourth-order valence-corrected chi connectivity index (χ4v) is 3.13. The summed E-state index contributed by atoms with van der Waals surface area (Å²) in [5.74, 6) is 0.254. The lowest BCUT2D eigenvalue weighted by atomic mass is 10.2. The molecule has 120 valence electrons. The minimum Gasteiger partial charge on any atom is -0.383 e. The quantitative estimate of drug-likeness (QED) is 0.789. The molecule has 0 amide bonds. The first-order valence-electron chi connectivity index (χ1n) is 6.72. The van der Waals surface area contributed by atoms with Gasteiger partial charge in [-0.3, -0.25) is 0 Å².